The second kappa shape index (κ2) is 6.14. The van der Waals surface area contributed by atoms with Crippen LogP contribution in [0.4, 0.5) is 0 Å². The van der Waals surface area contributed by atoms with Gasteiger partial charge in [-0.25, -0.2) is 5.43 Å². The van der Waals surface area contributed by atoms with Crippen molar-refractivity contribution >= 4 is 0 Å². The van der Waals surface area contributed by atoms with Crippen LogP contribution in [0, 0.1) is 0 Å². The minimum absolute atomic E-state index is 0.273. The molecule has 0 saturated carbocycles. The highest BCUT2D eigenvalue weighted by atomic mass is 15.4. The van der Waals surface area contributed by atoms with E-state index in [1.165, 1.54) is 18.4 Å². The number of aromatic nitrogens is 1. The van der Waals surface area contributed by atoms with Crippen molar-refractivity contribution in [2.75, 3.05) is 13.1 Å². The summed E-state index contributed by atoms with van der Waals surface area (Å²) in [5, 5.41) is 3.60. The summed E-state index contributed by atoms with van der Waals surface area (Å²) in [5.74, 6) is 0. The maximum Gasteiger partial charge on any atom is 0.0956 e. The van der Waals surface area contributed by atoms with Gasteiger partial charge in [0.25, 0.3) is 0 Å². The molecule has 2 aliphatic heterocycles. The Morgan fingerprint density at radius 2 is 2.26 bits per heavy atom. The minimum Gasteiger partial charge on any atom is -0.327 e. The van der Waals surface area contributed by atoms with Crippen LogP contribution in [0.2, 0.25) is 0 Å². The quantitative estimate of drug-likeness (QED) is 0.738. The fourth-order valence-electron chi connectivity index (χ4n) is 2.69. The normalized spacial score (nSPS) is 24.5. The molecule has 0 bridgehead atoms. The van der Waals surface area contributed by atoms with E-state index in [0.29, 0.717) is 6.04 Å². The molecule has 2 aliphatic rings. The van der Waals surface area contributed by atoms with Crippen molar-refractivity contribution in [3.63, 3.8) is 0 Å². The summed E-state index contributed by atoms with van der Waals surface area (Å²) in [7, 11) is 0. The van der Waals surface area contributed by atoms with Gasteiger partial charge in [0.15, 0.2) is 0 Å². The number of likely N-dealkylation sites (tertiary alicyclic amines) is 1. The van der Waals surface area contributed by atoms with Gasteiger partial charge in [-0.05, 0) is 43.6 Å². The van der Waals surface area contributed by atoms with E-state index >= 15 is 0 Å². The Morgan fingerprint density at radius 1 is 1.37 bits per heavy atom. The molecule has 0 aromatic carbocycles. The molecule has 1 fully saturated rings. The molecule has 1 unspecified atom stereocenters. The number of nitrogens with one attached hydrogen (secondary N) is 3. The monoisotopic (exact) mass is 259 g/mol. The average Bonchev–Trinajstić information content (AvgIpc) is 2.95. The molecule has 1 aromatic heterocycles. The lowest BCUT2D eigenvalue weighted by Gasteiger charge is -2.33. The highest BCUT2D eigenvalue weighted by molar-refractivity contribution is 5.08. The first-order chi connectivity index (χ1) is 9.40. The molecule has 0 radical (unpaired) electrons. The van der Waals surface area contributed by atoms with E-state index in [1.807, 2.05) is 24.7 Å². The van der Waals surface area contributed by atoms with Gasteiger partial charge in [0.1, 0.15) is 0 Å². The van der Waals surface area contributed by atoms with Crippen LogP contribution in [-0.4, -0.2) is 35.2 Å². The van der Waals surface area contributed by atoms with E-state index in [9.17, 15) is 0 Å². The molecular weight excluding hydrogens is 238 g/mol. The molecule has 3 N–H and O–H groups in total. The van der Waals surface area contributed by atoms with Crippen LogP contribution in [0.15, 0.2) is 36.8 Å². The van der Waals surface area contributed by atoms with Crippen LogP contribution in [0.1, 0.15) is 18.4 Å². The zero-order chi connectivity index (χ0) is 12.9. The van der Waals surface area contributed by atoms with Crippen LogP contribution in [0.5, 0.6) is 0 Å². The molecule has 1 atom stereocenters. The number of pyridine rings is 1. The van der Waals surface area contributed by atoms with Crippen LogP contribution >= 0.6 is 0 Å². The van der Waals surface area contributed by atoms with Crippen molar-refractivity contribution in [2.45, 2.75) is 31.6 Å². The SMILES string of the molecule is C1=CC(NC2CCN(Cc3cccnc3)CC2)NN1. The van der Waals surface area contributed by atoms with Crippen molar-refractivity contribution in [3.05, 3.63) is 42.4 Å². The number of nitrogens with zero attached hydrogens (tertiary/aromatic N) is 2. The fraction of sp³-hybridized carbons (Fsp3) is 0.500. The molecule has 0 spiro atoms. The van der Waals surface area contributed by atoms with Crippen LogP contribution in [0.25, 0.3) is 0 Å². The van der Waals surface area contributed by atoms with Crippen molar-refractivity contribution in [1.82, 2.24) is 26.1 Å². The predicted molar refractivity (Wildman–Crippen MR) is 74.9 cm³/mol. The predicted octanol–water partition coefficient (Wildman–Crippen LogP) is 0.583. The molecular formula is C14H21N5. The van der Waals surface area contributed by atoms with Gasteiger partial charge in [0, 0.05) is 31.2 Å². The molecule has 3 rings (SSSR count). The van der Waals surface area contributed by atoms with Crippen molar-refractivity contribution < 1.29 is 0 Å². The third-order valence-corrected chi connectivity index (χ3v) is 3.74. The van der Waals surface area contributed by atoms with Gasteiger partial charge in [0.05, 0.1) is 6.17 Å². The Morgan fingerprint density at radius 3 is 2.95 bits per heavy atom. The molecule has 102 valence electrons. The molecule has 1 aromatic rings. The van der Waals surface area contributed by atoms with Gasteiger partial charge in [-0.3, -0.25) is 15.2 Å². The lowest BCUT2D eigenvalue weighted by atomic mass is 10.0. The largest absolute Gasteiger partial charge is 0.327 e. The van der Waals surface area contributed by atoms with Crippen LogP contribution in [-0.2, 0) is 6.54 Å². The highest BCUT2D eigenvalue weighted by Crippen LogP contribution is 2.14. The van der Waals surface area contributed by atoms with Gasteiger partial charge in [-0.2, -0.15) is 0 Å². The number of hydrazine groups is 1. The maximum absolute atomic E-state index is 4.17. The zero-order valence-electron chi connectivity index (χ0n) is 11.0. The number of rotatable bonds is 4. The first-order valence-electron chi connectivity index (χ1n) is 6.95. The summed E-state index contributed by atoms with van der Waals surface area (Å²) in [6.07, 6.45) is 10.5. The van der Waals surface area contributed by atoms with Gasteiger partial charge in [-0.15, -0.1) is 0 Å². The third-order valence-electron chi connectivity index (χ3n) is 3.74. The van der Waals surface area contributed by atoms with E-state index in [-0.39, 0.29) is 6.17 Å². The van der Waals surface area contributed by atoms with Crippen molar-refractivity contribution in [3.8, 4) is 0 Å². The number of hydrogen-bond acceptors (Lipinski definition) is 5. The first kappa shape index (κ1) is 12.6. The van der Waals surface area contributed by atoms with Gasteiger partial charge >= 0.3 is 0 Å². The Labute approximate surface area is 114 Å². The zero-order valence-corrected chi connectivity index (χ0v) is 11.0. The molecule has 19 heavy (non-hydrogen) atoms. The molecule has 1 saturated heterocycles. The summed E-state index contributed by atoms with van der Waals surface area (Å²) >= 11 is 0. The number of hydrogen-bond donors (Lipinski definition) is 3. The maximum atomic E-state index is 4.17. The molecule has 5 heteroatoms. The Bertz CT molecular complexity index is 411. The van der Waals surface area contributed by atoms with Gasteiger partial charge < -0.3 is 5.43 Å². The Balaban J connectivity index is 1.43. The molecule has 5 nitrogen and oxygen atoms in total. The summed E-state index contributed by atoms with van der Waals surface area (Å²) in [6, 6.07) is 4.76. The Kier molecular flexibility index (Phi) is 4.07. The summed E-state index contributed by atoms with van der Waals surface area (Å²) < 4.78 is 0. The smallest absolute Gasteiger partial charge is 0.0956 e. The molecule has 0 amide bonds. The van der Waals surface area contributed by atoms with E-state index in [0.717, 1.165) is 19.6 Å². The third kappa shape index (κ3) is 3.53. The molecule has 0 aliphatic carbocycles. The van der Waals surface area contributed by atoms with E-state index in [1.54, 1.807) is 0 Å². The van der Waals surface area contributed by atoms with Crippen molar-refractivity contribution in [1.29, 1.82) is 0 Å². The fourth-order valence-corrected chi connectivity index (χ4v) is 2.69. The van der Waals surface area contributed by atoms with Crippen LogP contribution in [0.3, 0.4) is 0 Å². The Hall–Kier alpha value is -1.43. The lowest BCUT2D eigenvalue weighted by Crippen LogP contribution is -2.50. The van der Waals surface area contributed by atoms with E-state index < -0.39 is 0 Å². The first-order valence-corrected chi connectivity index (χ1v) is 6.95. The topological polar surface area (TPSA) is 52.2 Å². The van der Waals surface area contributed by atoms with Crippen molar-refractivity contribution in [2.24, 2.45) is 0 Å². The summed E-state index contributed by atoms with van der Waals surface area (Å²) in [4.78, 5) is 6.68. The minimum atomic E-state index is 0.273. The standard InChI is InChI=1S/C14H21N5/c1-2-12(10-15-6-1)11-19-8-4-13(5-9-19)17-14-3-7-16-18-14/h1-3,6-7,10,13-14,16-18H,4-5,8-9,11H2. The molecule has 3 heterocycles. The lowest BCUT2D eigenvalue weighted by molar-refractivity contribution is 0.184. The van der Waals surface area contributed by atoms with Crippen LogP contribution < -0.4 is 16.2 Å². The second-order valence-corrected chi connectivity index (χ2v) is 5.20. The highest BCUT2D eigenvalue weighted by Gasteiger charge is 2.21. The van der Waals surface area contributed by atoms with E-state index in [4.69, 9.17) is 0 Å². The summed E-state index contributed by atoms with van der Waals surface area (Å²) in [5.41, 5.74) is 7.46. The van der Waals surface area contributed by atoms with Gasteiger partial charge in [0.2, 0.25) is 0 Å². The number of piperidine rings is 1. The second-order valence-electron chi connectivity index (χ2n) is 5.20. The summed E-state index contributed by atoms with van der Waals surface area (Å²) in [6.45, 7) is 3.32. The van der Waals surface area contributed by atoms with E-state index in [2.05, 4.69) is 38.2 Å². The average molecular weight is 259 g/mol. The van der Waals surface area contributed by atoms with Gasteiger partial charge in [-0.1, -0.05) is 6.07 Å².